The van der Waals surface area contributed by atoms with Gasteiger partial charge in [-0.3, -0.25) is 4.99 Å². The lowest BCUT2D eigenvalue weighted by molar-refractivity contribution is 0.0572. The second-order valence-corrected chi connectivity index (χ2v) is 6.46. The first-order valence-corrected chi connectivity index (χ1v) is 8.37. The maximum atomic E-state index is 10.4. The normalized spacial score (nSPS) is 16.8. The molecule has 1 aliphatic rings. The Morgan fingerprint density at radius 3 is 2.61 bits per heavy atom. The second-order valence-electron chi connectivity index (χ2n) is 6.05. The molecule has 2 N–H and O–H groups in total. The molecule has 23 heavy (non-hydrogen) atoms. The molecular formula is C17H27ClIN3O. The highest BCUT2D eigenvalue weighted by atomic mass is 127. The Morgan fingerprint density at radius 2 is 2.00 bits per heavy atom. The summed E-state index contributed by atoms with van der Waals surface area (Å²) in [6.07, 6.45) is 3.89. The van der Waals surface area contributed by atoms with Gasteiger partial charge in [-0.1, -0.05) is 42.6 Å². The number of rotatable bonds is 5. The molecule has 1 fully saturated rings. The fourth-order valence-electron chi connectivity index (χ4n) is 2.84. The van der Waals surface area contributed by atoms with Crippen LogP contribution in [0.25, 0.3) is 0 Å². The van der Waals surface area contributed by atoms with Crippen molar-refractivity contribution in [3.05, 3.63) is 34.9 Å². The number of hydrogen-bond donors (Lipinski definition) is 2. The van der Waals surface area contributed by atoms with E-state index < -0.39 is 5.60 Å². The minimum absolute atomic E-state index is 0. The van der Waals surface area contributed by atoms with Crippen molar-refractivity contribution in [1.82, 2.24) is 10.2 Å². The maximum Gasteiger partial charge on any atom is 0.194 e. The van der Waals surface area contributed by atoms with Gasteiger partial charge in [0.25, 0.3) is 0 Å². The van der Waals surface area contributed by atoms with Gasteiger partial charge in [0.15, 0.2) is 5.96 Å². The summed E-state index contributed by atoms with van der Waals surface area (Å²) in [6.45, 7) is 3.99. The van der Waals surface area contributed by atoms with Crippen molar-refractivity contribution in [2.75, 3.05) is 20.1 Å². The van der Waals surface area contributed by atoms with E-state index in [0.29, 0.717) is 13.1 Å². The van der Waals surface area contributed by atoms with Crippen LogP contribution < -0.4 is 5.32 Å². The Bertz CT molecular complexity index is 518. The van der Waals surface area contributed by atoms with Crippen molar-refractivity contribution in [3.8, 4) is 0 Å². The molecule has 130 valence electrons. The zero-order valence-electron chi connectivity index (χ0n) is 13.9. The van der Waals surface area contributed by atoms with Gasteiger partial charge >= 0.3 is 0 Å². The Morgan fingerprint density at radius 1 is 1.35 bits per heavy atom. The highest BCUT2D eigenvalue weighted by molar-refractivity contribution is 14.0. The van der Waals surface area contributed by atoms with Crippen LogP contribution >= 0.6 is 35.6 Å². The van der Waals surface area contributed by atoms with Gasteiger partial charge in [0.05, 0.1) is 12.1 Å². The predicted molar refractivity (Wildman–Crippen MR) is 108 cm³/mol. The molecule has 0 heterocycles. The summed E-state index contributed by atoms with van der Waals surface area (Å²) < 4.78 is 0. The van der Waals surface area contributed by atoms with Gasteiger partial charge in [-0.15, -0.1) is 24.0 Å². The number of benzene rings is 1. The summed E-state index contributed by atoms with van der Waals surface area (Å²) in [6, 6.07) is 7.84. The number of halogens is 2. The maximum absolute atomic E-state index is 10.4. The van der Waals surface area contributed by atoms with E-state index in [1.54, 1.807) is 0 Å². The number of nitrogens with one attached hydrogen (secondary N) is 1. The van der Waals surface area contributed by atoms with Crippen molar-refractivity contribution >= 4 is 41.5 Å². The summed E-state index contributed by atoms with van der Waals surface area (Å²) in [5, 5.41) is 14.5. The molecule has 0 saturated heterocycles. The molecule has 2 rings (SSSR count). The van der Waals surface area contributed by atoms with Crippen molar-refractivity contribution in [2.45, 2.75) is 44.8 Å². The fraction of sp³-hybridized carbons (Fsp3) is 0.588. The SMILES string of the molecule is CCNC(=NCC1(O)CCCC1)N(C)Cc1ccccc1Cl.I. The summed E-state index contributed by atoms with van der Waals surface area (Å²) in [7, 11) is 1.99. The van der Waals surface area contributed by atoms with Gasteiger partial charge in [-0.05, 0) is 31.4 Å². The Kier molecular flexibility index (Phi) is 8.64. The van der Waals surface area contributed by atoms with Gasteiger partial charge in [-0.25, -0.2) is 0 Å². The molecule has 1 aromatic carbocycles. The number of guanidine groups is 1. The molecule has 0 amide bonds. The van der Waals surface area contributed by atoms with E-state index in [-0.39, 0.29) is 24.0 Å². The average Bonchev–Trinajstić information content (AvgIpc) is 2.93. The van der Waals surface area contributed by atoms with Crippen molar-refractivity contribution < 1.29 is 5.11 Å². The molecule has 0 atom stereocenters. The van der Waals surface area contributed by atoms with Gasteiger partial charge in [0, 0.05) is 25.2 Å². The largest absolute Gasteiger partial charge is 0.388 e. The quantitative estimate of drug-likeness (QED) is 0.408. The van der Waals surface area contributed by atoms with Crippen LogP contribution in [0.3, 0.4) is 0 Å². The fourth-order valence-corrected chi connectivity index (χ4v) is 3.04. The van der Waals surface area contributed by atoms with Crippen LogP contribution in [0.1, 0.15) is 38.2 Å². The van der Waals surface area contributed by atoms with E-state index in [1.165, 1.54) is 0 Å². The number of aliphatic imine (C=N–C) groups is 1. The zero-order valence-corrected chi connectivity index (χ0v) is 17.0. The van der Waals surface area contributed by atoms with Gasteiger partial charge in [0.2, 0.25) is 0 Å². The lowest BCUT2D eigenvalue weighted by Gasteiger charge is -2.25. The third-order valence-electron chi connectivity index (χ3n) is 4.12. The summed E-state index contributed by atoms with van der Waals surface area (Å²) in [5.41, 5.74) is 0.447. The molecular weight excluding hydrogens is 425 g/mol. The van der Waals surface area contributed by atoms with Gasteiger partial charge < -0.3 is 15.3 Å². The highest BCUT2D eigenvalue weighted by Crippen LogP contribution is 2.29. The summed E-state index contributed by atoms with van der Waals surface area (Å²) >= 11 is 6.23. The molecule has 6 heteroatoms. The first-order valence-electron chi connectivity index (χ1n) is 7.99. The highest BCUT2D eigenvalue weighted by Gasteiger charge is 2.30. The predicted octanol–water partition coefficient (Wildman–Crippen LogP) is 3.66. The van der Waals surface area contributed by atoms with E-state index >= 15 is 0 Å². The number of nitrogens with zero attached hydrogens (tertiary/aromatic N) is 2. The standard InChI is InChI=1S/C17H26ClN3O.HI/c1-3-19-16(20-13-17(22)10-6-7-11-17)21(2)12-14-8-4-5-9-15(14)18;/h4-5,8-9,22H,3,6-7,10-13H2,1-2H3,(H,19,20);1H. The van der Waals surface area contributed by atoms with E-state index in [1.807, 2.05) is 43.1 Å². The molecule has 4 nitrogen and oxygen atoms in total. The van der Waals surface area contributed by atoms with Crippen LogP contribution in [0.15, 0.2) is 29.3 Å². The van der Waals surface area contributed by atoms with Crippen LogP contribution in [-0.4, -0.2) is 41.7 Å². The van der Waals surface area contributed by atoms with Crippen LogP contribution in [0, 0.1) is 0 Å². The van der Waals surface area contributed by atoms with Gasteiger partial charge in [0.1, 0.15) is 0 Å². The molecule has 0 radical (unpaired) electrons. The van der Waals surface area contributed by atoms with E-state index in [0.717, 1.165) is 48.8 Å². The average molecular weight is 452 g/mol. The Labute approximate surface area is 161 Å². The molecule has 1 aromatic rings. The lowest BCUT2D eigenvalue weighted by Crippen LogP contribution is -2.40. The topological polar surface area (TPSA) is 47.9 Å². The lowest BCUT2D eigenvalue weighted by atomic mass is 10.0. The smallest absolute Gasteiger partial charge is 0.194 e. The number of hydrogen-bond acceptors (Lipinski definition) is 2. The van der Waals surface area contributed by atoms with Crippen molar-refractivity contribution in [1.29, 1.82) is 0 Å². The van der Waals surface area contributed by atoms with E-state index in [4.69, 9.17) is 11.6 Å². The molecule has 0 aliphatic heterocycles. The molecule has 1 saturated carbocycles. The zero-order chi connectivity index (χ0) is 16.0. The van der Waals surface area contributed by atoms with Crippen LogP contribution in [0.4, 0.5) is 0 Å². The molecule has 0 spiro atoms. The molecule has 0 unspecified atom stereocenters. The van der Waals surface area contributed by atoms with Crippen molar-refractivity contribution in [3.63, 3.8) is 0 Å². The van der Waals surface area contributed by atoms with Crippen LogP contribution in [0.5, 0.6) is 0 Å². The molecule has 0 aromatic heterocycles. The van der Waals surface area contributed by atoms with Crippen LogP contribution in [-0.2, 0) is 6.54 Å². The third-order valence-corrected chi connectivity index (χ3v) is 4.49. The third kappa shape index (κ3) is 6.12. The minimum atomic E-state index is -0.619. The summed E-state index contributed by atoms with van der Waals surface area (Å²) in [5.74, 6) is 0.808. The van der Waals surface area contributed by atoms with Gasteiger partial charge in [-0.2, -0.15) is 0 Å². The van der Waals surface area contributed by atoms with E-state index in [9.17, 15) is 5.11 Å². The van der Waals surface area contributed by atoms with E-state index in [2.05, 4.69) is 10.3 Å². The molecule has 1 aliphatic carbocycles. The second kappa shape index (κ2) is 9.69. The Balaban J connectivity index is 0.00000264. The number of aliphatic hydroxyl groups is 1. The van der Waals surface area contributed by atoms with Crippen LogP contribution in [0.2, 0.25) is 5.02 Å². The monoisotopic (exact) mass is 451 g/mol. The summed E-state index contributed by atoms with van der Waals surface area (Å²) in [4.78, 5) is 6.68. The van der Waals surface area contributed by atoms with Crippen molar-refractivity contribution in [2.24, 2.45) is 4.99 Å². The first-order chi connectivity index (χ1) is 10.5. The molecule has 0 bridgehead atoms. The minimum Gasteiger partial charge on any atom is -0.388 e. The Hall–Kier alpha value is -0.530. The first kappa shape index (κ1) is 20.5.